The quantitative estimate of drug-likeness (QED) is 0.853. The average molecular weight is 341 g/mol. The first-order chi connectivity index (χ1) is 9.98. The van der Waals surface area contributed by atoms with Crippen molar-refractivity contribution in [3.63, 3.8) is 0 Å². The second-order valence-corrected chi connectivity index (χ2v) is 6.41. The molecule has 0 aliphatic heterocycles. The van der Waals surface area contributed by atoms with Crippen LogP contribution in [0, 0.1) is 0 Å². The lowest BCUT2D eigenvalue weighted by Crippen LogP contribution is -2.29. The summed E-state index contributed by atoms with van der Waals surface area (Å²) in [6, 6.07) is 2.10. The van der Waals surface area contributed by atoms with Crippen molar-refractivity contribution in [2.75, 3.05) is 20.7 Å². The molecule has 0 heterocycles. The largest absolute Gasteiger partial charge is 0.497 e. The molecule has 0 aliphatic carbocycles. The van der Waals surface area contributed by atoms with E-state index in [4.69, 9.17) is 5.11 Å². The van der Waals surface area contributed by atoms with Gasteiger partial charge in [0.1, 0.15) is 5.75 Å². The minimum atomic E-state index is -4.74. The normalized spacial score (nSPS) is 12.5. The molecule has 0 saturated heterocycles. The van der Waals surface area contributed by atoms with Gasteiger partial charge in [0.05, 0.1) is 24.0 Å². The molecule has 0 aliphatic rings. The van der Waals surface area contributed by atoms with Crippen molar-refractivity contribution in [1.82, 2.24) is 4.31 Å². The summed E-state index contributed by atoms with van der Waals surface area (Å²) >= 11 is 0. The average Bonchev–Trinajstić information content (AvgIpc) is 2.42. The Balaban J connectivity index is 3.26. The first kappa shape index (κ1) is 18.2. The molecular formula is C12H14F3NO5S. The highest BCUT2D eigenvalue weighted by atomic mass is 32.2. The molecule has 0 unspecified atom stereocenters. The molecular weight excluding hydrogens is 327 g/mol. The van der Waals surface area contributed by atoms with E-state index in [1.165, 1.54) is 0 Å². The molecule has 0 amide bonds. The van der Waals surface area contributed by atoms with Crippen molar-refractivity contribution >= 4 is 16.0 Å². The van der Waals surface area contributed by atoms with Gasteiger partial charge in [0, 0.05) is 19.7 Å². The standard InChI is InChI=1S/C12H14F3NO5S/c1-16(4-3-11(17)18)22(19,20)10-6-8(12(13,14)15)5-9(7-10)21-2/h5-7H,3-4H2,1-2H3,(H,17,18). The second-order valence-electron chi connectivity index (χ2n) is 4.37. The van der Waals surface area contributed by atoms with Gasteiger partial charge in [-0.25, -0.2) is 12.7 Å². The second kappa shape index (κ2) is 6.53. The summed E-state index contributed by atoms with van der Waals surface area (Å²) < 4.78 is 68.1. The van der Waals surface area contributed by atoms with Crippen LogP contribution in [0.5, 0.6) is 5.75 Å². The number of hydrogen-bond donors (Lipinski definition) is 1. The Morgan fingerprint density at radius 1 is 1.32 bits per heavy atom. The zero-order chi connectivity index (χ0) is 17.1. The number of halogens is 3. The number of carboxylic acid groups (broad SMARTS) is 1. The van der Waals surface area contributed by atoms with E-state index in [1.54, 1.807) is 0 Å². The molecule has 1 rings (SSSR count). The topological polar surface area (TPSA) is 83.9 Å². The van der Waals surface area contributed by atoms with Crippen LogP contribution in [0.15, 0.2) is 23.1 Å². The number of carboxylic acids is 1. The third kappa shape index (κ3) is 4.34. The maximum atomic E-state index is 12.8. The van der Waals surface area contributed by atoms with Crippen LogP contribution in [0.1, 0.15) is 12.0 Å². The molecule has 22 heavy (non-hydrogen) atoms. The number of carbonyl (C=O) groups is 1. The van der Waals surface area contributed by atoms with Crippen LogP contribution in [0.4, 0.5) is 13.2 Å². The Morgan fingerprint density at radius 2 is 1.91 bits per heavy atom. The van der Waals surface area contributed by atoms with Crippen LogP contribution in [0.2, 0.25) is 0 Å². The van der Waals surface area contributed by atoms with Crippen molar-refractivity contribution < 1.29 is 36.2 Å². The van der Waals surface area contributed by atoms with Crippen molar-refractivity contribution in [3.05, 3.63) is 23.8 Å². The van der Waals surface area contributed by atoms with E-state index < -0.39 is 39.0 Å². The molecule has 1 aromatic rings. The number of sulfonamides is 1. The molecule has 0 atom stereocenters. The molecule has 0 saturated carbocycles. The summed E-state index contributed by atoms with van der Waals surface area (Å²) in [5.74, 6) is -1.48. The van der Waals surface area contributed by atoms with Crippen molar-refractivity contribution in [2.24, 2.45) is 0 Å². The van der Waals surface area contributed by atoms with Crippen LogP contribution in [-0.4, -0.2) is 44.5 Å². The molecule has 6 nitrogen and oxygen atoms in total. The van der Waals surface area contributed by atoms with Gasteiger partial charge in [0.15, 0.2) is 0 Å². The summed E-state index contributed by atoms with van der Waals surface area (Å²) in [4.78, 5) is 9.84. The molecule has 0 bridgehead atoms. The summed E-state index contributed by atoms with van der Waals surface area (Å²) in [5.41, 5.74) is -1.17. The third-order valence-corrected chi connectivity index (χ3v) is 4.63. The molecule has 1 N–H and O–H groups in total. The Kier molecular flexibility index (Phi) is 5.41. The minimum absolute atomic E-state index is 0.264. The van der Waals surface area contributed by atoms with E-state index >= 15 is 0 Å². The number of benzene rings is 1. The van der Waals surface area contributed by atoms with E-state index in [1.807, 2.05) is 0 Å². The number of rotatable bonds is 6. The minimum Gasteiger partial charge on any atom is -0.497 e. The number of methoxy groups -OCH3 is 1. The van der Waals surface area contributed by atoms with Crippen LogP contribution in [-0.2, 0) is 21.0 Å². The van der Waals surface area contributed by atoms with Crippen LogP contribution in [0.25, 0.3) is 0 Å². The molecule has 124 valence electrons. The predicted molar refractivity (Wildman–Crippen MR) is 70.1 cm³/mol. The Labute approximate surface area is 125 Å². The number of ether oxygens (including phenoxy) is 1. The molecule has 1 aromatic carbocycles. The lowest BCUT2D eigenvalue weighted by Gasteiger charge is -2.18. The highest BCUT2D eigenvalue weighted by molar-refractivity contribution is 7.89. The van der Waals surface area contributed by atoms with E-state index in [0.717, 1.165) is 20.2 Å². The smallest absolute Gasteiger partial charge is 0.416 e. The fraction of sp³-hybridized carbons (Fsp3) is 0.417. The number of aliphatic carboxylic acids is 1. The predicted octanol–water partition coefficient (Wildman–Crippen LogP) is 1.81. The van der Waals surface area contributed by atoms with Crippen LogP contribution < -0.4 is 4.74 Å². The van der Waals surface area contributed by atoms with E-state index in [2.05, 4.69) is 4.74 Å². The van der Waals surface area contributed by atoms with Gasteiger partial charge in [-0.3, -0.25) is 4.79 Å². The Hall–Kier alpha value is -1.81. The van der Waals surface area contributed by atoms with Gasteiger partial charge in [-0.2, -0.15) is 13.2 Å². The van der Waals surface area contributed by atoms with Crippen molar-refractivity contribution in [2.45, 2.75) is 17.5 Å². The van der Waals surface area contributed by atoms with Crippen LogP contribution >= 0.6 is 0 Å². The maximum Gasteiger partial charge on any atom is 0.416 e. The van der Waals surface area contributed by atoms with Gasteiger partial charge in [-0.1, -0.05) is 0 Å². The molecule has 0 radical (unpaired) electrons. The third-order valence-electron chi connectivity index (χ3n) is 2.79. The number of hydrogen-bond acceptors (Lipinski definition) is 4. The molecule has 0 fully saturated rings. The molecule has 10 heteroatoms. The van der Waals surface area contributed by atoms with E-state index in [-0.39, 0.29) is 12.3 Å². The highest BCUT2D eigenvalue weighted by Gasteiger charge is 2.33. The summed E-state index contributed by atoms with van der Waals surface area (Å²) in [6.07, 6.45) is -5.20. The van der Waals surface area contributed by atoms with Gasteiger partial charge in [-0.05, 0) is 12.1 Å². The first-order valence-corrected chi connectivity index (χ1v) is 7.37. The fourth-order valence-corrected chi connectivity index (χ4v) is 2.79. The molecule has 0 spiro atoms. The van der Waals surface area contributed by atoms with Crippen molar-refractivity contribution in [1.29, 1.82) is 0 Å². The van der Waals surface area contributed by atoms with Gasteiger partial charge >= 0.3 is 12.1 Å². The monoisotopic (exact) mass is 341 g/mol. The Morgan fingerprint density at radius 3 is 2.36 bits per heavy atom. The van der Waals surface area contributed by atoms with Crippen LogP contribution in [0.3, 0.4) is 0 Å². The number of nitrogens with zero attached hydrogens (tertiary/aromatic N) is 1. The fourth-order valence-electron chi connectivity index (χ4n) is 1.56. The zero-order valence-electron chi connectivity index (χ0n) is 11.7. The van der Waals surface area contributed by atoms with E-state index in [0.29, 0.717) is 16.4 Å². The molecule has 0 aromatic heterocycles. The van der Waals surface area contributed by atoms with Crippen molar-refractivity contribution in [3.8, 4) is 5.75 Å². The highest BCUT2D eigenvalue weighted by Crippen LogP contribution is 2.34. The maximum absolute atomic E-state index is 12.8. The van der Waals surface area contributed by atoms with Gasteiger partial charge < -0.3 is 9.84 Å². The summed E-state index contributed by atoms with van der Waals surface area (Å²) in [6.45, 7) is -0.365. The van der Waals surface area contributed by atoms with Gasteiger partial charge in [-0.15, -0.1) is 0 Å². The van der Waals surface area contributed by atoms with Gasteiger partial charge in [0.2, 0.25) is 10.0 Å². The SMILES string of the molecule is COc1cc(C(F)(F)F)cc(S(=O)(=O)N(C)CCC(=O)O)c1. The summed E-state index contributed by atoms with van der Waals surface area (Å²) in [5, 5.41) is 8.54. The number of alkyl halides is 3. The lowest BCUT2D eigenvalue weighted by molar-refractivity contribution is -0.138. The van der Waals surface area contributed by atoms with Gasteiger partial charge in [0.25, 0.3) is 0 Å². The lowest BCUT2D eigenvalue weighted by atomic mass is 10.2. The first-order valence-electron chi connectivity index (χ1n) is 5.93. The summed E-state index contributed by atoms with van der Waals surface area (Å²) in [7, 11) is -2.06. The zero-order valence-corrected chi connectivity index (χ0v) is 12.5. The van der Waals surface area contributed by atoms with E-state index in [9.17, 15) is 26.4 Å². The Bertz CT molecular complexity index is 657.